The minimum absolute atomic E-state index is 0. The maximum atomic E-state index is 10.5. The molecule has 0 saturated heterocycles. The molecule has 17 heteroatoms. The molecule has 2 aromatic rings. The van der Waals surface area contributed by atoms with Gasteiger partial charge >= 0.3 is 42.9 Å². The Morgan fingerprint density at radius 2 is 0.971 bits per heavy atom. The molecule has 0 heterocycles. The number of carboxylic acids is 2. The summed E-state index contributed by atoms with van der Waals surface area (Å²) >= 11 is 0. The number of phosphoric ester groups is 2. The zero-order valence-corrected chi connectivity index (χ0v) is 23.5. The third kappa shape index (κ3) is 15.0. The first-order chi connectivity index (χ1) is 15.6. The van der Waals surface area contributed by atoms with E-state index in [4.69, 9.17) is 31.0 Å². The first kappa shape index (κ1) is 33.1. The fourth-order valence-corrected chi connectivity index (χ4v) is 3.11. The second-order valence-corrected chi connectivity index (χ2v) is 9.04. The predicted molar refractivity (Wildman–Crippen MR) is 117 cm³/mol. The fourth-order valence-electron chi connectivity index (χ4n) is 2.32. The average Bonchev–Trinajstić information content (AvgIpc) is 2.69. The van der Waals surface area contributed by atoms with E-state index < -0.39 is 39.7 Å². The van der Waals surface area contributed by atoms with Crippen molar-refractivity contribution < 1.29 is 57.6 Å². The Hall–Kier alpha value is -1.88. The average molecular weight is 728 g/mol. The Labute approximate surface area is 219 Å². The molecule has 0 aliphatic carbocycles. The van der Waals surface area contributed by atoms with Crippen LogP contribution in [-0.4, -0.2) is 70.9 Å². The topological polar surface area (TPSA) is 266 Å². The van der Waals surface area contributed by atoms with Crippen LogP contribution in [0.4, 0.5) is 0 Å². The molecule has 0 saturated carbocycles. The summed E-state index contributed by atoms with van der Waals surface area (Å²) in [6.07, 6.45) is 0.136. The number of benzene rings is 2. The quantitative estimate of drug-likeness (QED) is 0.107. The molecule has 2 radical (unpaired) electrons. The van der Waals surface area contributed by atoms with Crippen LogP contribution in [0.15, 0.2) is 48.5 Å². The molecular formula is C18H22N2O12P2Pb. The Morgan fingerprint density at radius 3 is 1.17 bits per heavy atom. The smallest absolute Gasteiger partial charge is 0.548 e. The minimum Gasteiger partial charge on any atom is -0.548 e. The van der Waals surface area contributed by atoms with Crippen molar-refractivity contribution in [2.45, 2.75) is 24.9 Å². The molecule has 0 fully saturated rings. The molecule has 14 nitrogen and oxygen atoms in total. The van der Waals surface area contributed by atoms with Gasteiger partial charge in [0.25, 0.3) is 0 Å². The SMILES string of the molecule is N[C@@H](Cc1ccc(OP(=O)(O)O)cc1)C(=O)[O-].N[C@@H](Cc1ccc(OP(=O)(O)O)cc1)C(=O)[O-].[Pb+2]. The van der Waals surface area contributed by atoms with Crippen LogP contribution in [0.2, 0.25) is 0 Å². The summed E-state index contributed by atoms with van der Waals surface area (Å²) in [5.41, 5.74) is 11.7. The van der Waals surface area contributed by atoms with Gasteiger partial charge in [-0.15, -0.1) is 0 Å². The third-order valence-corrected chi connectivity index (χ3v) is 4.71. The van der Waals surface area contributed by atoms with Gasteiger partial charge in [0.05, 0.1) is 11.9 Å². The number of carboxylic acid groups (broad SMARTS) is 2. The minimum atomic E-state index is -4.57. The van der Waals surface area contributed by atoms with Gasteiger partial charge in [-0.3, -0.25) is 19.6 Å². The van der Waals surface area contributed by atoms with E-state index in [1.807, 2.05) is 0 Å². The molecule has 0 aromatic heterocycles. The third-order valence-electron chi connectivity index (χ3n) is 3.81. The number of rotatable bonds is 10. The molecule has 0 amide bonds. The van der Waals surface area contributed by atoms with Crippen LogP contribution < -0.4 is 30.7 Å². The van der Waals surface area contributed by atoms with Crippen LogP contribution in [0, 0.1) is 0 Å². The molecule has 2 rings (SSSR count). The van der Waals surface area contributed by atoms with Crippen LogP contribution in [0.5, 0.6) is 11.5 Å². The van der Waals surface area contributed by atoms with E-state index in [-0.39, 0.29) is 51.6 Å². The van der Waals surface area contributed by atoms with Crippen molar-refractivity contribution in [2.75, 3.05) is 0 Å². The number of phosphoric acid groups is 2. The molecule has 2 aromatic carbocycles. The number of carbonyl (C=O) groups excluding carboxylic acids is 2. The summed E-state index contributed by atoms with van der Waals surface area (Å²) in [4.78, 5) is 55.0. The predicted octanol–water partition coefficient (Wildman–Crippen LogP) is -2.83. The van der Waals surface area contributed by atoms with Gasteiger partial charge in [-0.2, -0.15) is 0 Å². The van der Waals surface area contributed by atoms with Crippen molar-refractivity contribution in [3.63, 3.8) is 0 Å². The van der Waals surface area contributed by atoms with Crippen LogP contribution in [0.1, 0.15) is 11.1 Å². The molecule has 0 aliphatic rings. The van der Waals surface area contributed by atoms with Crippen molar-refractivity contribution in [1.82, 2.24) is 0 Å². The standard InChI is InChI=1S/2C9H12NO6P.Pb/c2*10-8(9(11)12)5-6-1-3-7(4-2-6)16-17(13,14)15;/h2*1-4,8H,5,10H2,(H,11,12)(H2,13,14,15);/q;;+2/p-2/t2*8-;/m00./s1. The molecule has 0 spiro atoms. The van der Waals surface area contributed by atoms with Gasteiger partial charge < -0.3 is 40.3 Å². The van der Waals surface area contributed by atoms with Crippen molar-refractivity contribution in [3.8, 4) is 11.5 Å². The largest absolute Gasteiger partial charge is 2.00 e. The Kier molecular flexibility index (Phi) is 13.8. The molecule has 0 unspecified atom stereocenters. The van der Waals surface area contributed by atoms with E-state index in [0.717, 1.165) is 0 Å². The van der Waals surface area contributed by atoms with Gasteiger partial charge in [0.1, 0.15) is 11.5 Å². The molecule has 2 atom stereocenters. The van der Waals surface area contributed by atoms with Gasteiger partial charge in [0.15, 0.2) is 0 Å². The zero-order chi connectivity index (χ0) is 26.1. The number of hydrogen-bond acceptors (Lipinski definition) is 10. The summed E-state index contributed by atoms with van der Waals surface area (Å²) in [5, 5.41) is 20.8. The molecule has 0 bridgehead atoms. The molecule has 0 aliphatic heterocycles. The fraction of sp³-hybridized carbons (Fsp3) is 0.222. The second kappa shape index (κ2) is 14.6. The maximum Gasteiger partial charge on any atom is 2.00 e. The van der Waals surface area contributed by atoms with Crippen molar-refractivity contribution in [3.05, 3.63) is 59.7 Å². The monoisotopic (exact) mass is 728 g/mol. The van der Waals surface area contributed by atoms with Gasteiger partial charge in [-0.05, 0) is 48.2 Å². The van der Waals surface area contributed by atoms with Gasteiger partial charge in [-0.25, -0.2) is 9.13 Å². The normalized spacial score (nSPS) is 12.7. The molecule has 35 heavy (non-hydrogen) atoms. The Morgan fingerprint density at radius 1 is 0.714 bits per heavy atom. The van der Waals surface area contributed by atoms with Gasteiger partial charge in [0, 0.05) is 12.1 Å². The van der Waals surface area contributed by atoms with E-state index in [9.17, 15) is 28.9 Å². The van der Waals surface area contributed by atoms with E-state index in [2.05, 4.69) is 9.05 Å². The van der Waals surface area contributed by atoms with E-state index in [1.165, 1.54) is 48.5 Å². The van der Waals surface area contributed by atoms with Crippen LogP contribution in [0.3, 0.4) is 0 Å². The maximum absolute atomic E-state index is 10.5. The van der Waals surface area contributed by atoms with Crippen molar-refractivity contribution in [2.24, 2.45) is 11.5 Å². The van der Waals surface area contributed by atoms with Crippen LogP contribution in [0.25, 0.3) is 0 Å². The zero-order valence-electron chi connectivity index (χ0n) is 17.8. The number of aliphatic carboxylic acids is 2. The summed E-state index contributed by atoms with van der Waals surface area (Å²) in [6, 6.07) is 8.88. The summed E-state index contributed by atoms with van der Waals surface area (Å²) in [6.45, 7) is 0. The van der Waals surface area contributed by atoms with Gasteiger partial charge in [-0.1, -0.05) is 24.3 Å². The summed E-state index contributed by atoms with van der Waals surface area (Å²) < 4.78 is 29.7. The Balaban J connectivity index is 0.000000642. The van der Waals surface area contributed by atoms with E-state index in [1.54, 1.807) is 0 Å². The van der Waals surface area contributed by atoms with Crippen molar-refractivity contribution >= 4 is 54.9 Å². The number of hydrogen-bond donors (Lipinski definition) is 6. The second-order valence-electron chi connectivity index (χ2n) is 6.71. The van der Waals surface area contributed by atoms with Crippen molar-refractivity contribution in [1.29, 1.82) is 0 Å². The first-order valence-electron chi connectivity index (χ1n) is 9.17. The molecule has 190 valence electrons. The van der Waals surface area contributed by atoms with E-state index >= 15 is 0 Å². The Bertz CT molecular complexity index is 971. The van der Waals surface area contributed by atoms with Crippen LogP contribution in [-0.2, 0) is 31.6 Å². The molecule has 8 N–H and O–H groups in total. The van der Waals surface area contributed by atoms with E-state index in [0.29, 0.717) is 11.1 Å². The number of carbonyl (C=O) groups is 2. The summed E-state index contributed by atoms with van der Waals surface area (Å²) in [7, 11) is -9.15. The summed E-state index contributed by atoms with van der Waals surface area (Å²) in [5.74, 6) is -2.74. The number of nitrogens with two attached hydrogens (primary N) is 2. The van der Waals surface area contributed by atoms with Crippen LogP contribution >= 0.6 is 15.6 Å². The molecular weight excluding hydrogens is 705 g/mol. The van der Waals surface area contributed by atoms with Gasteiger partial charge in [0.2, 0.25) is 0 Å². The first-order valence-corrected chi connectivity index (χ1v) is 12.2.